The minimum Gasteiger partial charge on any atom is -0.432 e. The van der Waals surface area contributed by atoms with Crippen LogP contribution < -0.4 is 10.6 Å². The fourth-order valence-corrected chi connectivity index (χ4v) is 2.27. The Hall–Kier alpha value is -1.01. The summed E-state index contributed by atoms with van der Waals surface area (Å²) >= 11 is 1.77. The number of oxazole rings is 1. The molecule has 5 nitrogen and oxygen atoms in total. The van der Waals surface area contributed by atoms with Gasteiger partial charge in [-0.1, -0.05) is 0 Å². The summed E-state index contributed by atoms with van der Waals surface area (Å²) in [5.74, 6) is 1.77. The topological polar surface area (TPSA) is 67.2 Å². The number of anilines is 1. The van der Waals surface area contributed by atoms with Crippen molar-refractivity contribution in [2.24, 2.45) is 0 Å². The minimum absolute atomic E-state index is 0.0796. The zero-order chi connectivity index (χ0) is 10.7. The summed E-state index contributed by atoms with van der Waals surface area (Å²) in [5.41, 5.74) is 0.760. The largest absolute Gasteiger partial charge is 0.432 e. The molecule has 1 aliphatic heterocycles. The Labute approximate surface area is 92.0 Å². The van der Waals surface area contributed by atoms with E-state index in [9.17, 15) is 4.79 Å². The lowest BCUT2D eigenvalue weighted by atomic mass is 10.3. The van der Waals surface area contributed by atoms with Crippen LogP contribution in [0, 0.1) is 6.92 Å². The number of carbonyl (C=O) groups is 1. The SMILES string of the molecule is Cc1coc(NC(=O)C2CSCCN2)n1. The molecule has 0 saturated carbocycles. The molecule has 1 aromatic rings. The van der Waals surface area contributed by atoms with E-state index in [-0.39, 0.29) is 18.0 Å². The molecule has 15 heavy (non-hydrogen) atoms. The molecule has 2 N–H and O–H groups in total. The van der Waals surface area contributed by atoms with E-state index in [0.717, 1.165) is 23.7 Å². The average molecular weight is 227 g/mol. The molecule has 1 amide bonds. The van der Waals surface area contributed by atoms with Gasteiger partial charge in [0.1, 0.15) is 6.26 Å². The second-order valence-corrected chi connectivity index (χ2v) is 4.51. The second kappa shape index (κ2) is 4.67. The molecule has 2 heterocycles. The summed E-state index contributed by atoms with van der Waals surface area (Å²) in [7, 11) is 0. The van der Waals surface area contributed by atoms with E-state index in [4.69, 9.17) is 4.42 Å². The summed E-state index contributed by atoms with van der Waals surface area (Å²) in [5, 5.41) is 5.78. The van der Waals surface area contributed by atoms with Gasteiger partial charge in [0, 0.05) is 18.1 Å². The first-order chi connectivity index (χ1) is 7.25. The van der Waals surface area contributed by atoms with Gasteiger partial charge in [0.15, 0.2) is 0 Å². The van der Waals surface area contributed by atoms with E-state index in [1.165, 1.54) is 6.26 Å². The summed E-state index contributed by atoms with van der Waals surface area (Å²) in [4.78, 5) is 15.7. The predicted octanol–water partition coefficient (Wildman–Crippen LogP) is 0.627. The van der Waals surface area contributed by atoms with Gasteiger partial charge in [-0.25, -0.2) is 0 Å². The van der Waals surface area contributed by atoms with E-state index < -0.39 is 0 Å². The zero-order valence-electron chi connectivity index (χ0n) is 8.45. The van der Waals surface area contributed by atoms with Crippen LogP contribution in [0.25, 0.3) is 0 Å². The molecule has 0 radical (unpaired) electrons. The van der Waals surface area contributed by atoms with Gasteiger partial charge in [-0.15, -0.1) is 0 Å². The lowest BCUT2D eigenvalue weighted by Crippen LogP contribution is -2.46. The molecule has 6 heteroatoms. The molecule has 1 fully saturated rings. The summed E-state index contributed by atoms with van der Waals surface area (Å²) in [6.45, 7) is 2.68. The Morgan fingerprint density at radius 1 is 1.80 bits per heavy atom. The molecular weight excluding hydrogens is 214 g/mol. The molecule has 1 aliphatic rings. The van der Waals surface area contributed by atoms with Crippen molar-refractivity contribution in [2.75, 3.05) is 23.4 Å². The third kappa shape index (κ3) is 2.73. The highest BCUT2D eigenvalue weighted by atomic mass is 32.2. The number of aromatic nitrogens is 1. The lowest BCUT2D eigenvalue weighted by Gasteiger charge is -2.21. The first-order valence-corrected chi connectivity index (χ1v) is 5.95. The van der Waals surface area contributed by atoms with E-state index >= 15 is 0 Å². The monoisotopic (exact) mass is 227 g/mol. The standard InChI is InChI=1S/C9H13N3O2S/c1-6-4-14-9(11-6)12-8(13)7-5-15-3-2-10-7/h4,7,10H,2-3,5H2,1H3,(H,11,12,13). The Balaban J connectivity index is 1.91. The van der Waals surface area contributed by atoms with E-state index in [2.05, 4.69) is 15.6 Å². The van der Waals surface area contributed by atoms with Crippen LogP contribution in [0.3, 0.4) is 0 Å². The van der Waals surface area contributed by atoms with Gasteiger partial charge < -0.3 is 9.73 Å². The van der Waals surface area contributed by atoms with Crippen LogP contribution in [-0.2, 0) is 4.79 Å². The number of rotatable bonds is 2. The molecule has 0 aromatic carbocycles. The summed E-state index contributed by atoms with van der Waals surface area (Å²) in [6, 6.07) is 0.130. The molecule has 1 aromatic heterocycles. The third-order valence-electron chi connectivity index (χ3n) is 2.09. The molecule has 82 valence electrons. The highest BCUT2D eigenvalue weighted by Gasteiger charge is 2.21. The summed E-state index contributed by atoms with van der Waals surface area (Å²) in [6.07, 6.45) is 1.51. The molecule has 1 unspecified atom stereocenters. The average Bonchev–Trinajstić information content (AvgIpc) is 2.65. The quantitative estimate of drug-likeness (QED) is 0.775. The molecule has 0 aliphatic carbocycles. The molecule has 1 atom stereocenters. The Morgan fingerprint density at radius 3 is 3.27 bits per heavy atom. The van der Waals surface area contributed by atoms with E-state index in [0.29, 0.717) is 0 Å². The van der Waals surface area contributed by atoms with Gasteiger partial charge in [-0.2, -0.15) is 16.7 Å². The van der Waals surface area contributed by atoms with Crippen molar-refractivity contribution in [2.45, 2.75) is 13.0 Å². The zero-order valence-corrected chi connectivity index (χ0v) is 9.26. The van der Waals surface area contributed by atoms with Crippen molar-refractivity contribution in [1.82, 2.24) is 10.3 Å². The van der Waals surface area contributed by atoms with Crippen LogP contribution in [0.1, 0.15) is 5.69 Å². The van der Waals surface area contributed by atoms with Crippen molar-refractivity contribution in [3.8, 4) is 0 Å². The maximum absolute atomic E-state index is 11.7. The predicted molar refractivity (Wildman–Crippen MR) is 59.0 cm³/mol. The van der Waals surface area contributed by atoms with Gasteiger partial charge >= 0.3 is 6.01 Å². The Morgan fingerprint density at radius 2 is 2.67 bits per heavy atom. The number of aryl methyl sites for hydroxylation is 1. The fraction of sp³-hybridized carbons (Fsp3) is 0.556. The van der Waals surface area contributed by atoms with Gasteiger partial charge in [-0.3, -0.25) is 10.1 Å². The molecule has 1 saturated heterocycles. The third-order valence-corrected chi connectivity index (χ3v) is 3.15. The van der Waals surface area contributed by atoms with Crippen molar-refractivity contribution in [3.05, 3.63) is 12.0 Å². The number of amides is 1. The highest BCUT2D eigenvalue weighted by molar-refractivity contribution is 7.99. The van der Waals surface area contributed by atoms with Gasteiger partial charge in [-0.05, 0) is 6.92 Å². The van der Waals surface area contributed by atoms with E-state index in [1.807, 2.05) is 6.92 Å². The number of carbonyl (C=O) groups excluding carboxylic acids is 1. The summed E-state index contributed by atoms with van der Waals surface area (Å²) < 4.78 is 5.05. The molecule has 2 rings (SSSR count). The minimum atomic E-state index is -0.143. The Bertz CT molecular complexity index is 347. The van der Waals surface area contributed by atoms with Gasteiger partial charge in [0.25, 0.3) is 0 Å². The van der Waals surface area contributed by atoms with Crippen LogP contribution in [0.4, 0.5) is 6.01 Å². The van der Waals surface area contributed by atoms with Crippen LogP contribution in [0.2, 0.25) is 0 Å². The first kappa shape index (κ1) is 10.5. The lowest BCUT2D eigenvalue weighted by molar-refractivity contribution is -0.117. The van der Waals surface area contributed by atoms with Crippen LogP contribution >= 0.6 is 11.8 Å². The highest BCUT2D eigenvalue weighted by Crippen LogP contribution is 2.11. The smallest absolute Gasteiger partial charge is 0.301 e. The number of thioether (sulfide) groups is 1. The fourth-order valence-electron chi connectivity index (χ4n) is 1.34. The van der Waals surface area contributed by atoms with Crippen LogP contribution in [0.15, 0.2) is 10.7 Å². The van der Waals surface area contributed by atoms with Crippen molar-refractivity contribution in [1.29, 1.82) is 0 Å². The van der Waals surface area contributed by atoms with Crippen LogP contribution in [-0.4, -0.2) is 35.0 Å². The van der Waals surface area contributed by atoms with Gasteiger partial charge in [0.2, 0.25) is 5.91 Å². The number of nitrogens with zero attached hydrogens (tertiary/aromatic N) is 1. The number of hydrogen-bond donors (Lipinski definition) is 2. The Kier molecular flexibility index (Phi) is 3.27. The first-order valence-electron chi connectivity index (χ1n) is 4.80. The molecule has 0 spiro atoms. The van der Waals surface area contributed by atoms with E-state index in [1.54, 1.807) is 11.8 Å². The maximum Gasteiger partial charge on any atom is 0.301 e. The molecular formula is C9H13N3O2S. The van der Waals surface area contributed by atoms with Crippen molar-refractivity contribution >= 4 is 23.7 Å². The van der Waals surface area contributed by atoms with Crippen molar-refractivity contribution in [3.63, 3.8) is 0 Å². The molecule has 0 bridgehead atoms. The van der Waals surface area contributed by atoms with Crippen molar-refractivity contribution < 1.29 is 9.21 Å². The maximum atomic E-state index is 11.7. The van der Waals surface area contributed by atoms with Crippen LogP contribution in [0.5, 0.6) is 0 Å². The second-order valence-electron chi connectivity index (χ2n) is 3.36. The normalized spacial score (nSPS) is 21.3. The number of hydrogen-bond acceptors (Lipinski definition) is 5. The van der Waals surface area contributed by atoms with Gasteiger partial charge in [0.05, 0.1) is 11.7 Å². The number of nitrogens with one attached hydrogen (secondary N) is 2.